The van der Waals surface area contributed by atoms with E-state index in [9.17, 15) is 23.1 Å². The average molecular weight is 634 g/mol. The van der Waals surface area contributed by atoms with Crippen LogP contribution in [-0.4, -0.2) is 53.6 Å². The van der Waals surface area contributed by atoms with Crippen molar-refractivity contribution in [2.45, 2.75) is 56.3 Å². The summed E-state index contributed by atoms with van der Waals surface area (Å²) < 4.78 is 27.4. The molecule has 1 fully saturated rings. The van der Waals surface area contributed by atoms with Crippen molar-refractivity contribution in [1.82, 2.24) is 20.1 Å². The molecule has 10 nitrogen and oxygen atoms in total. The molecule has 0 spiro atoms. The van der Waals surface area contributed by atoms with Gasteiger partial charge in [0.2, 0.25) is 10.0 Å². The first kappa shape index (κ1) is 30.2. The molecule has 3 aromatic rings. The summed E-state index contributed by atoms with van der Waals surface area (Å²) in [5.41, 5.74) is 4.31. The zero-order chi connectivity index (χ0) is 30.0. The standard InChI is InChI=1S/C29H30Cl2N4O6S/c1-42(39,40)34-24-8-4-5-9-25(24)35-27(22-13-10-17(30)14-23(22)31)26(20-6-2-3-7-21(20)29(35)38)28(37)33-41-16-18-11-12-19(36)15-32-18/h2-3,6-7,10-15,24-27,34,36H,4-5,8-9,16H2,1H3,(H,33,37)/t24-,25-,26+,27-/m0/s1. The summed E-state index contributed by atoms with van der Waals surface area (Å²) in [6.07, 6.45) is 4.99. The number of carbonyl (C=O) groups is 2. The lowest BCUT2D eigenvalue weighted by Gasteiger charge is -2.49. The van der Waals surface area contributed by atoms with Gasteiger partial charge in [-0.05, 0) is 54.3 Å². The monoisotopic (exact) mass is 632 g/mol. The second-order valence-corrected chi connectivity index (χ2v) is 13.1. The van der Waals surface area contributed by atoms with E-state index in [0.717, 1.165) is 19.1 Å². The number of amides is 2. The minimum atomic E-state index is -3.59. The predicted molar refractivity (Wildman–Crippen MR) is 157 cm³/mol. The Kier molecular flexibility index (Phi) is 9.05. The van der Waals surface area contributed by atoms with Gasteiger partial charge in [-0.2, -0.15) is 0 Å². The molecular formula is C29H30Cl2N4O6S. The second kappa shape index (κ2) is 12.6. The fourth-order valence-corrected chi connectivity index (χ4v) is 7.22. The number of aromatic hydroxyl groups is 1. The Bertz CT molecular complexity index is 1590. The van der Waals surface area contributed by atoms with E-state index in [0.29, 0.717) is 40.2 Å². The van der Waals surface area contributed by atoms with E-state index in [1.165, 1.54) is 12.3 Å². The van der Waals surface area contributed by atoms with E-state index in [2.05, 4.69) is 15.2 Å². The molecule has 2 aliphatic rings. The maximum Gasteiger partial charge on any atom is 0.255 e. The van der Waals surface area contributed by atoms with Gasteiger partial charge in [0.1, 0.15) is 12.4 Å². The number of nitrogens with zero attached hydrogens (tertiary/aromatic N) is 2. The Labute approximate surface area is 254 Å². The van der Waals surface area contributed by atoms with Crippen LogP contribution in [0.15, 0.2) is 60.8 Å². The molecule has 5 rings (SSSR count). The van der Waals surface area contributed by atoms with Gasteiger partial charge in [0, 0.05) is 27.7 Å². The van der Waals surface area contributed by atoms with E-state index in [-0.39, 0.29) is 23.3 Å². The summed E-state index contributed by atoms with van der Waals surface area (Å²) >= 11 is 12.9. The first-order valence-electron chi connectivity index (χ1n) is 13.4. The molecule has 1 aliphatic carbocycles. The molecule has 1 saturated carbocycles. The van der Waals surface area contributed by atoms with Gasteiger partial charge in [0.25, 0.3) is 11.8 Å². The summed E-state index contributed by atoms with van der Waals surface area (Å²) in [7, 11) is -3.59. The Balaban J connectivity index is 1.58. The van der Waals surface area contributed by atoms with Gasteiger partial charge in [0.05, 0.1) is 30.1 Å². The number of rotatable bonds is 8. The van der Waals surface area contributed by atoms with Crippen molar-refractivity contribution < 1.29 is 28.0 Å². The Morgan fingerprint density at radius 3 is 2.57 bits per heavy atom. The van der Waals surface area contributed by atoms with Gasteiger partial charge in [-0.1, -0.05) is 60.3 Å². The van der Waals surface area contributed by atoms with Crippen molar-refractivity contribution in [1.29, 1.82) is 0 Å². The summed E-state index contributed by atoms with van der Waals surface area (Å²) in [4.78, 5) is 39.5. The zero-order valence-electron chi connectivity index (χ0n) is 22.7. The zero-order valence-corrected chi connectivity index (χ0v) is 25.0. The third-order valence-electron chi connectivity index (χ3n) is 7.59. The third-order valence-corrected chi connectivity index (χ3v) is 8.89. The number of aromatic nitrogens is 1. The number of hydrogen-bond acceptors (Lipinski definition) is 7. The topological polar surface area (TPSA) is 138 Å². The molecule has 1 aromatic heterocycles. The van der Waals surface area contributed by atoms with Gasteiger partial charge in [0.15, 0.2) is 0 Å². The molecule has 222 valence electrons. The normalized spacial score (nSPS) is 22.5. The van der Waals surface area contributed by atoms with Gasteiger partial charge < -0.3 is 10.0 Å². The van der Waals surface area contributed by atoms with Crippen LogP contribution >= 0.6 is 23.2 Å². The molecule has 2 aromatic carbocycles. The van der Waals surface area contributed by atoms with Crippen LogP contribution in [0.25, 0.3) is 0 Å². The lowest BCUT2D eigenvalue weighted by Crippen LogP contribution is -2.59. The molecule has 0 unspecified atom stereocenters. The molecule has 42 heavy (non-hydrogen) atoms. The highest BCUT2D eigenvalue weighted by molar-refractivity contribution is 7.88. The number of carbonyl (C=O) groups excluding carboxylic acids is 2. The molecule has 2 heterocycles. The Hall–Kier alpha value is -3.22. The largest absolute Gasteiger partial charge is 0.506 e. The van der Waals surface area contributed by atoms with Crippen LogP contribution in [-0.2, 0) is 26.3 Å². The minimum Gasteiger partial charge on any atom is -0.506 e. The SMILES string of the molecule is CS(=O)(=O)N[C@H]1CCCC[C@@H]1N1C(=O)c2ccccc2[C@@H](C(=O)NOCc2ccc(O)cn2)[C@@H]1c1ccc(Cl)cc1Cl. The van der Waals surface area contributed by atoms with Crippen molar-refractivity contribution in [2.75, 3.05) is 6.26 Å². The molecule has 13 heteroatoms. The van der Waals surface area contributed by atoms with Crippen LogP contribution in [0.5, 0.6) is 5.75 Å². The van der Waals surface area contributed by atoms with Gasteiger partial charge in [-0.3, -0.25) is 19.4 Å². The van der Waals surface area contributed by atoms with Crippen molar-refractivity contribution in [2.24, 2.45) is 0 Å². The highest BCUT2D eigenvalue weighted by Gasteiger charge is 2.49. The van der Waals surface area contributed by atoms with Gasteiger partial charge in [-0.25, -0.2) is 18.6 Å². The first-order valence-corrected chi connectivity index (χ1v) is 16.1. The lowest BCUT2D eigenvalue weighted by atomic mass is 9.76. The molecule has 0 bridgehead atoms. The van der Waals surface area contributed by atoms with Crippen LogP contribution in [0.4, 0.5) is 0 Å². The van der Waals surface area contributed by atoms with E-state index < -0.39 is 40.0 Å². The molecular weight excluding hydrogens is 603 g/mol. The van der Waals surface area contributed by atoms with Crippen LogP contribution in [0.2, 0.25) is 10.0 Å². The van der Waals surface area contributed by atoms with E-state index in [1.54, 1.807) is 53.4 Å². The van der Waals surface area contributed by atoms with Crippen molar-refractivity contribution in [3.63, 3.8) is 0 Å². The number of sulfonamides is 1. The first-order chi connectivity index (χ1) is 20.0. The number of hydrogen-bond donors (Lipinski definition) is 3. The van der Waals surface area contributed by atoms with Crippen LogP contribution in [0.3, 0.4) is 0 Å². The minimum absolute atomic E-state index is 0.000390. The van der Waals surface area contributed by atoms with Gasteiger partial charge >= 0.3 is 0 Å². The molecule has 0 saturated heterocycles. The summed E-state index contributed by atoms with van der Waals surface area (Å²) in [6.45, 7) is -0.0711. The number of hydroxylamine groups is 1. The molecule has 0 radical (unpaired) electrons. The summed E-state index contributed by atoms with van der Waals surface area (Å²) in [5, 5.41) is 10.1. The van der Waals surface area contributed by atoms with E-state index in [1.807, 2.05) is 0 Å². The quantitative estimate of drug-likeness (QED) is 0.311. The summed E-state index contributed by atoms with van der Waals surface area (Å²) in [5.74, 6) is -1.82. The summed E-state index contributed by atoms with van der Waals surface area (Å²) in [6, 6.07) is 12.7. The fraction of sp³-hybridized carbons (Fsp3) is 0.345. The number of halogens is 2. The number of benzene rings is 2. The molecule has 3 N–H and O–H groups in total. The van der Waals surface area contributed by atoms with Crippen LogP contribution in [0, 0.1) is 0 Å². The molecule has 1 aliphatic heterocycles. The highest BCUT2D eigenvalue weighted by atomic mass is 35.5. The second-order valence-electron chi connectivity index (χ2n) is 10.5. The smallest absolute Gasteiger partial charge is 0.255 e. The highest BCUT2D eigenvalue weighted by Crippen LogP contribution is 2.47. The molecule has 4 atom stereocenters. The van der Waals surface area contributed by atoms with Crippen LogP contribution < -0.4 is 10.2 Å². The van der Waals surface area contributed by atoms with Crippen molar-refractivity contribution >= 4 is 45.0 Å². The maximum atomic E-state index is 14.3. The van der Waals surface area contributed by atoms with Crippen molar-refractivity contribution in [3.8, 4) is 5.75 Å². The van der Waals surface area contributed by atoms with E-state index >= 15 is 0 Å². The third kappa shape index (κ3) is 6.55. The Morgan fingerprint density at radius 1 is 1.10 bits per heavy atom. The van der Waals surface area contributed by atoms with E-state index in [4.69, 9.17) is 28.0 Å². The lowest BCUT2D eigenvalue weighted by molar-refractivity contribution is -0.138. The number of nitrogens with one attached hydrogen (secondary N) is 2. The van der Waals surface area contributed by atoms with Crippen LogP contribution in [0.1, 0.15) is 64.8 Å². The Morgan fingerprint density at radius 2 is 1.86 bits per heavy atom. The fourth-order valence-electron chi connectivity index (χ4n) is 5.87. The predicted octanol–water partition coefficient (Wildman–Crippen LogP) is 4.48. The van der Waals surface area contributed by atoms with Gasteiger partial charge in [-0.15, -0.1) is 0 Å². The number of fused-ring (bicyclic) bond motifs is 1. The number of pyridine rings is 1. The average Bonchev–Trinajstić information content (AvgIpc) is 2.94. The molecule has 2 amide bonds. The van der Waals surface area contributed by atoms with Crippen molar-refractivity contribution in [3.05, 3.63) is 93.2 Å². The maximum absolute atomic E-state index is 14.3.